The maximum atomic E-state index is 10.7. The lowest BCUT2D eigenvalue weighted by Gasteiger charge is -2.06. The number of carbonyl (C=O) groups is 1. The molecular weight excluding hydrogens is 218 g/mol. The number of carboxylic acids is 1. The molecular formula is C13H15NO3. The molecule has 0 saturated heterocycles. The molecule has 0 aliphatic carbocycles. The van der Waals surface area contributed by atoms with E-state index in [0.29, 0.717) is 0 Å². The van der Waals surface area contributed by atoms with Crippen LogP contribution in [0.4, 0.5) is 0 Å². The monoisotopic (exact) mass is 233 g/mol. The van der Waals surface area contributed by atoms with E-state index in [2.05, 4.69) is 0 Å². The summed E-state index contributed by atoms with van der Waals surface area (Å²) in [4.78, 5) is 10.7. The summed E-state index contributed by atoms with van der Waals surface area (Å²) in [5.41, 5.74) is 2.95. The lowest BCUT2D eigenvalue weighted by Crippen LogP contribution is -2.22. The Labute approximate surface area is 99.1 Å². The van der Waals surface area contributed by atoms with Gasteiger partial charge in [0.1, 0.15) is 0 Å². The number of hydrogen-bond donors (Lipinski definition) is 2. The highest BCUT2D eigenvalue weighted by atomic mass is 16.4. The normalized spacial score (nSPS) is 12.9. The van der Waals surface area contributed by atoms with Crippen LogP contribution in [0, 0.1) is 6.92 Å². The van der Waals surface area contributed by atoms with Crippen LogP contribution < -0.4 is 0 Å². The van der Waals surface area contributed by atoms with Gasteiger partial charge in [-0.2, -0.15) is 0 Å². The molecule has 2 rings (SSSR count). The average Bonchev–Trinajstić information content (AvgIpc) is 2.55. The van der Waals surface area contributed by atoms with Crippen molar-refractivity contribution in [2.24, 2.45) is 7.05 Å². The zero-order valence-corrected chi connectivity index (χ0v) is 9.84. The third-order valence-corrected chi connectivity index (χ3v) is 3.21. The summed E-state index contributed by atoms with van der Waals surface area (Å²) in [7, 11) is 1.94. The first-order chi connectivity index (χ1) is 8.02. The average molecular weight is 233 g/mol. The number of fused-ring (bicyclic) bond motifs is 1. The number of hydrogen-bond acceptors (Lipinski definition) is 2. The second-order valence-corrected chi connectivity index (χ2v) is 4.20. The summed E-state index contributed by atoms with van der Waals surface area (Å²) in [6.07, 6.45) is -1.21. The lowest BCUT2D eigenvalue weighted by atomic mass is 10.0. The van der Waals surface area contributed by atoms with Crippen LogP contribution in [0.5, 0.6) is 0 Å². The molecule has 0 aliphatic rings. The Morgan fingerprint density at radius 1 is 1.41 bits per heavy atom. The molecule has 1 aromatic carbocycles. The third kappa shape index (κ3) is 1.91. The van der Waals surface area contributed by atoms with E-state index in [1.165, 1.54) is 0 Å². The zero-order chi connectivity index (χ0) is 12.6. The molecule has 1 heterocycles. The first-order valence-corrected chi connectivity index (χ1v) is 5.46. The molecule has 17 heavy (non-hydrogen) atoms. The largest absolute Gasteiger partial charge is 0.479 e. The van der Waals surface area contributed by atoms with Crippen LogP contribution in [0.2, 0.25) is 0 Å². The number of aryl methyl sites for hydroxylation is 1. The SMILES string of the molecule is Cc1c(CC(O)C(=O)O)c2ccccc2n1C. The smallest absolute Gasteiger partial charge is 0.332 e. The Kier molecular flexibility index (Phi) is 2.90. The van der Waals surface area contributed by atoms with Crippen LogP contribution in [-0.4, -0.2) is 26.9 Å². The Morgan fingerprint density at radius 2 is 2.06 bits per heavy atom. The number of rotatable bonds is 3. The van der Waals surface area contributed by atoms with Crippen LogP contribution in [-0.2, 0) is 18.3 Å². The molecule has 2 N–H and O–H groups in total. The number of aliphatic carboxylic acids is 1. The highest BCUT2D eigenvalue weighted by Crippen LogP contribution is 2.25. The molecule has 0 fully saturated rings. The third-order valence-electron chi connectivity index (χ3n) is 3.21. The van der Waals surface area contributed by atoms with Crippen molar-refractivity contribution in [2.45, 2.75) is 19.4 Å². The van der Waals surface area contributed by atoms with Crippen LogP contribution in [0.15, 0.2) is 24.3 Å². The van der Waals surface area contributed by atoms with E-state index in [1.54, 1.807) is 0 Å². The van der Waals surface area contributed by atoms with Gasteiger partial charge in [-0.25, -0.2) is 4.79 Å². The Morgan fingerprint density at radius 3 is 2.71 bits per heavy atom. The molecule has 4 heteroatoms. The van der Waals surface area contributed by atoms with Crippen molar-refractivity contribution >= 4 is 16.9 Å². The number of aromatic nitrogens is 1. The Hall–Kier alpha value is -1.81. The number of aliphatic hydroxyl groups is 1. The van der Waals surface area contributed by atoms with Gasteiger partial charge in [0.05, 0.1) is 0 Å². The minimum atomic E-state index is -1.35. The van der Waals surface area contributed by atoms with Crippen molar-refractivity contribution in [1.82, 2.24) is 4.57 Å². The number of carboxylic acid groups (broad SMARTS) is 1. The van der Waals surface area contributed by atoms with Crippen molar-refractivity contribution in [3.05, 3.63) is 35.5 Å². The second-order valence-electron chi connectivity index (χ2n) is 4.20. The summed E-state index contributed by atoms with van der Waals surface area (Å²) in [5.74, 6) is -1.18. The van der Waals surface area contributed by atoms with Crippen LogP contribution in [0.3, 0.4) is 0 Å². The fraction of sp³-hybridized carbons (Fsp3) is 0.308. The predicted molar refractivity (Wildman–Crippen MR) is 65.0 cm³/mol. The van der Waals surface area contributed by atoms with E-state index < -0.39 is 12.1 Å². The first-order valence-electron chi connectivity index (χ1n) is 5.46. The number of nitrogens with zero attached hydrogens (tertiary/aromatic N) is 1. The first kappa shape index (κ1) is 11.7. The zero-order valence-electron chi connectivity index (χ0n) is 9.84. The molecule has 0 spiro atoms. The Balaban J connectivity index is 2.53. The number of benzene rings is 1. The molecule has 0 amide bonds. The van der Waals surface area contributed by atoms with E-state index >= 15 is 0 Å². The molecule has 1 atom stereocenters. The standard InChI is InChI=1S/C13H15NO3/c1-8-10(7-12(15)13(16)17)9-5-3-4-6-11(9)14(8)2/h3-6,12,15H,7H2,1-2H3,(H,16,17). The van der Waals surface area contributed by atoms with Crippen molar-refractivity contribution in [2.75, 3.05) is 0 Å². The van der Waals surface area contributed by atoms with E-state index in [4.69, 9.17) is 5.11 Å². The van der Waals surface area contributed by atoms with Crippen molar-refractivity contribution in [3.63, 3.8) is 0 Å². The van der Waals surface area contributed by atoms with Gasteiger partial charge in [-0.1, -0.05) is 18.2 Å². The van der Waals surface area contributed by atoms with E-state index in [0.717, 1.165) is 22.2 Å². The number of aliphatic hydroxyl groups excluding tert-OH is 1. The molecule has 90 valence electrons. The Bertz CT molecular complexity index is 571. The van der Waals surface area contributed by atoms with Crippen molar-refractivity contribution in [3.8, 4) is 0 Å². The minimum Gasteiger partial charge on any atom is -0.479 e. The predicted octanol–water partition coefficient (Wildman–Crippen LogP) is 1.47. The quantitative estimate of drug-likeness (QED) is 0.844. The van der Waals surface area contributed by atoms with Crippen LogP contribution in [0.1, 0.15) is 11.3 Å². The summed E-state index contributed by atoms with van der Waals surface area (Å²) in [6, 6.07) is 7.79. The molecule has 0 bridgehead atoms. The van der Waals surface area contributed by atoms with Crippen molar-refractivity contribution < 1.29 is 15.0 Å². The maximum absolute atomic E-state index is 10.7. The van der Waals surface area contributed by atoms with Gasteiger partial charge in [-0.15, -0.1) is 0 Å². The van der Waals surface area contributed by atoms with Gasteiger partial charge in [0.25, 0.3) is 0 Å². The summed E-state index contributed by atoms with van der Waals surface area (Å²) in [5, 5.41) is 19.2. The molecule has 0 aliphatic heterocycles. The summed E-state index contributed by atoms with van der Waals surface area (Å²) in [6.45, 7) is 1.93. The molecule has 0 saturated carbocycles. The van der Waals surface area contributed by atoms with Gasteiger partial charge >= 0.3 is 5.97 Å². The molecule has 2 aromatic rings. The van der Waals surface area contributed by atoms with Gasteiger partial charge in [0.15, 0.2) is 6.10 Å². The van der Waals surface area contributed by atoms with Gasteiger partial charge in [-0.3, -0.25) is 0 Å². The van der Waals surface area contributed by atoms with Gasteiger partial charge in [-0.05, 0) is 18.6 Å². The van der Waals surface area contributed by atoms with Crippen molar-refractivity contribution in [1.29, 1.82) is 0 Å². The lowest BCUT2D eigenvalue weighted by molar-refractivity contribution is -0.146. The van der Waals surface area contributed by atoms with Crippen LogP contribution >= 0.6 is 0 Å². The highest BCUT2D eigenvalue weighted by Gasteiger charge is 2.19. The number of para-hydroxylation sites is 1. The van der Waals surface area contributed by atoms with Crippen LogP contribution in [0.25, 0.3) is 10.9 Å². The fourth-order valence-electron chi connectivity index (χ4n) is 2.14. The minimum absolute atomic E-state index is 0.141. The topological polar surface area (TPSA) is 62.5 Å². The van der Waals surface area contributed by atoms with E-state index in [-0.39, 0.29) is 6.42 Å². The molecule has 1 unspecified atom stereocenters. The summed E-state index contributed by atoms with van der Waals surface area (Å²) < 4.78 is 2.01. The van der Waals surface area contributed by atoms with E-state index in [9.17, 15) is 9.90 Å². The van der Waals surface area contributed by atoms with Gasteiger partial charge in [0, 0.05) is 30.1 Å². The van der Waals surface area contributed by atoms with Gasteiger partial charge in [0.2, 0.25) is 0 Å². The summed E-state index contributed by atoms with van der Waals surface area (Å²) >= 11 is 0. The van der Waals surface area contributed by atoms with E-state index in [1.807, 2.05) is 42.8 Å². The molecule has 1 aromatic heterocycles. The second kappa shape index (κ2) is 4.22. The van der Waals surface area contributed by atoms with Gasteiger partial charge < -0.3 is 14.8 Å². The molecule has 0 radical (unpaired) electrons. The fourth-order valence-corrected chi connectivity index (χ4v) is 2.14. The maximum Gasteiger partial charge on any atom is 0.332 e. The highest BCUT2D eigenvalue weighted by molar-refractivity contribution is 5.86. The molecule has 4 nitrogen and oxygen atoms in total.